The van der Waals surface area contributed by atoms with Crippen LogP contribution in [0.1, 0.15) is 80.8 Å². The lowest BCUT2D eigenvalue weighted by molar-refractivity contribution is -0.155. The van der Waals surface area contributed by atoms with Crippen LogP contribution in [0.2, 0.25) is 10.0 Å². The number of carboxylic acids is 1. The minimum Gasteiger partial charge on any atom is -0.492 e. The normalized spacial score (nSPS) is 17.9. The molecule has 0 radical (unpaired) electrons. The molecule has 0 unspecified atom stereocenters. The lowest BCUT2D eigenvalue weighted by Gasteiger charge is -2.38. The Balaban J connectivity index is 0.000000231. The van der Waals surface area contributed by atoms with Crippen LogP contribution in [0.15, 0.2) is 54.6 Å². The third kappa shape index (κ3) is 11.6. The fraction of sp³-hybridized carbons (Fsp3) is 0.500. The van der Waals surface area contributed by atoms with Crippen LogP contribution < -0.4 is 19.0 Å². The number of likely N-dealkylation sites (tertiary alicyclic amines) is 2. The molecule has 1 amide bonds. The Morgan fingerprint density at radius 2 is 1.31 bits per heavy atom. The summed E-state index contributed by atoms with van der Waals surface area (Å²) in [5, 5.41) is 12.3. The van der Waals surface area contributed by atoms with Crippen molar-refractivity contribution in [1.82, 2.24) is 9.80 Å². The molecule has 340 valence electrons. The number of hydrogen-bond donors (Lipinski definition) is 2. The zero-order valence-corrected chi connectivity index (χ0v) is 37.5. The molecule has 0 atom stereocenters. The molecule has 3 aromatic rings. The first-order valence-electron chi connectivity index (χ1n) is 19.8. The number of benzene rings is 3. The molecule has 0 bridgehead atoms. The van der Waals surface area contributed by atoms with Crippen molar-refractivity contribution in [3.63, 3.8) is 0 Å². The molecule has 13 nitrogen and oxygen atoms in total. The molecular weight excluding hydrogens is 902 g/mol. The topological polar surface area (TPSA) is 161 Å². The molecule has 2 N–H and O–H groups in total. The molecule has 0 aliphatic carbocycles. The second kappa shape index (κ2) is 19.4. The Morgan fingerprint density at radius 1 is 0.806 bits per heavy atom. The lowest BCUT2D eigenvalue weighted by atomic mass is 9.74. The van der Waals surface area contributed by atoms with E-state index in [1.807, 2.05) is 39.0 Å². The summed E-state index contributed by atoms with van der Waals surface area (Å²) in [5.41, 5.74) is -3.53. The molecule has 62 heavy (non-hydrogen) atoms. The Bertz CT molecular complexity index is 2220. The molecule has 20 heteroatoms. The van der Waals surface area contributed by atoms with E-state index in [4.69, 9.17) is 42.5 Å². The predicted molar refractivity (Wildman–Crippen MR) is 229 cm³/mol. The van der Waals surface area contributed by atoms with E-state index in [0.29, 0.717) is 54.2 Å². The molecule has 2 saturated heterocycles. The number of fused-ring (bicyclic) bond motifs is 4. The highest BCUT2D eigenvalue weighted by molar-refractivity contribution is 7.88. The number of nitrogens with one attached hydrogen (secondary N) is 1. The lowest BCUT2D eigenvalue weighted by Crippen LogP contribution is -2.44. The maximum Gasteiger partial charge on any atom is 0.534 e. The van der Waals surface area contributed by atoms with E-state index >= 15 is 0 Å². The zero-order valence-electron chi connectivity index (χ0n) is 34.3. The summed E-state index contributed by atoms with van der Waals surface area (Å²) < 4.78 is 81.2. The number of piperidine rings is 2. The highest BCUT2D eigenvalue weighted by Gasteiger charge is 2.49. The van der Waals surface area contributed by atoms with Crippen molar-refractivity contribution in [2.24, 2.45) is 0 Å². The van der Waals surface area contributed by atoms with Gasteiger partial charge in [-0.25, -0.2) is 0 Å². The van der Waals surface area contributed by atoms with Gasteiger partial charge in [-0.15, -0.1) is 12.4 Å². The maximum absolute atomic E-state index is 12.6. The average molecular weight is 951 g/mol. The maximum atomic E-state index is 12.6. The van der Waals surface area contributed by atoms with E-state index in [2.05, 4.69) is 19.3 Å². The van der Waals surface area contributed by atoms with Gasteiger partial charge < -0.3 is 38.6 Å². The number of carboxylic acid groups (broad SMARTS) is 1. The molecule has 4 heterocycles. The number of halogens is 6. The van der Waals surface area contributed by atoms with Crippen LogP contribution in [0.4, 0.5) is 18.9 Å². The van der Waals surface area contributed by atoms with Gasteiger partial charge in [0.1, 0.15) is 22.8 Å². The minimum atomic E-state index is -5.73. The van der Waals surface area contributed by atoms with Gasteiger partial charge in [-0.2, -0.15) is 21.6 Å². The van der Waals surface area contributed by atoms with Crippen molar-refractivity contribution in [2.75, 3.05) is 57.8 Å². The van der Waals surface area contributed by atoms with Gasteiger partial charge in [0.2, 0.25) is 0 Å². The molecule has 4 aliphatic heterocycles. The van der Waals surface area contributed by atoms with Crippen LogP contribution in [-0.4, -0.2) is 105 Å². The van der Waals surface area contributed by atoms with Gasteiger partial charge in [-0.05, 0) is 96.9 Å². The monoisotopic (exact) mass is 949 g/mol. The van der Waals surface area contributed by atoms with Crippen molar-refractivity contribution in [1.29, 1.82) is 0 Å². The predicted octanol–water partition coefficient (Wildman–Crippen LogP) is 8.24. The number of hydrogen-bond acceptors (Lipinski definition) is 11. The fourth-order valence-corrected chi connectivity index (χ4v) is 9.09. The molecular formula is C42H49Cl3F3N3O10S. The zero-order chi connectivity index (χ0) is 44.4. The Hall–Kier alpha value is -4.00. The highest BCUT2D eigenvalue weighted by atomic mass is 35.5. The van der Waals surface area contributed by atoms with E-state index in [1.165, 1.54) is 12.1 Å². The standard InChI is InChI=1S/C22H22Cl2N2O4.C20H26F3NO6S.ClH/c23-16-2-1-3-17(24)20(16)21(29)25-14-4-5-15-18(12-14)30-13-22(15)7-10-26(11-8-22)9-6-19(27)28;1-18(2,3)29-17(25)6-9-24-10-7-19(8-11-24)13-28-16-12-14(4-5-15(16)19)30-31(26,27)20(21,22)23;/h1-5,12H,6-11,13H2,(H,25,29)(H,27,28);4-5,12H,6-11,13H2,1-3H3;1H. The van der Waals surface area contributed by atoms with Gasteiger partial charge in [0.05, 0.1) is 41.7 Å². The van der Waals surface area contributed by atoms with Crippen LogP contribution in [0.5, 0.6) is 17.2 Å². The fourth-order valence-electron chi connectivity index (χ4n) is 8.07. The Kier molecular flexibility index (Phi) is 15.3. The molecule has 2 fully saturated rings. The number of carbonyl (C=O) groups excluding carboxylic acids is 2. The van der Waals surface area contributed by atoms with Gasteiger partial charge >= 0.3 is 27.6 Å². The third-order valence-electron chi connectivity index (χ3n) is 11.3. The van der Waals surface area contributed by atoms with Gasteiger partial charge in [-0.3, -0.25) is 14.4 Å². The summed E-state index contributed by atoms with van der Waals surface area (Å²) in [4.78, 5) is 39.7. The number of ether oxygens (including phenoxy) is 3. The van der Waals surface area contributed by atoms with Crippen LogP contribution in [-0.2, 0) is 35.3 Å². The van der Waals surface area contributed by atoms with E-state index in [9.17, 15) is 36.0 Å². The summed E-state index contributed by atoms with van der Waals surface area (Å²) in [7, 11) is -5.73. The molecule has 3 aromatic carbocycles. The largest absolute Gasteiger partial charge is 0.534 e. The SMILES string of the molecule is CC(C)(C)OC(=O)CCN1CCC2(CC1)COc1cc(OS(=O)(=O)C(F)(F)F)ccc12.Cl.O=C(O)CCN1CCC2(CC1)COc1cc(NC(=O)c3c(Cl)cccc3Cl)ccc12. The average Bonchev–Trinajstić information content (AvgIpc) is 3.70. The summed E-state index contributed by atoms with van der Waals surface area (Å²) >= 11 is 12.3. The van der Waals surface area contributed by atoms with Crippen molar-refractivity contribution >= 4 is 69.3 Å². The van der Waals surface area contributed by atoms with Gasteiger partial charge in [0.15, 0.2) is 0 Å². The quantitative estimate of drug-likeness (QED) is 0.114. The van der Waals surface area contributed by atoms with Crippen LogP contribution in [0, 0.1) is 0 Å². The summed E-state index contributed by atoms with van der Waals surface area (Å²) in [6, 6.07) is 14.6. The van der Waals surface area contributed by atoms with E-state index < -0.39 is 32.9 Å². The van der Waals surface area contributed by atoms with Crippen molar-refractivity contribution in [3.8, 4) is 17.2 Å². The van der Waals surface area contributed by atoms with E-state index in [0.717, 1.165) is 68.7 Å². The molecule has 0 saturated carbocycles. The Labute approximate surface area is 374 Å². The summed E-state index contributed by atoms with van der Waals surface area (Å²) in [5.74, 6) is -0.719. The smallest absolute Gasteiger partial charge is 0.492 e. The first-order valence-corrected chi connectivity index (χ1v) is 21.9. The second-order valence-electron chi connectivity index (χ2n) is 16.7. The number of nitrogens with zero attached hydrogens (tertiary/aromatic N) is 2. The van der Waals surface area contributed by atoms with Gasteiger partial charge in [0, 0.05) is 52.9 Å². The van der Waals surface area contributed by atoms with Crippen LogP contribution >= 0.6 is 35.6 Å². The van der Waals surface area contributed by atoms with E-state index in [-0.39, 0.29) is 47.1 Å². The number of rotatable bonds is 10. The summed E-state index contributed by atoms with van der Waals surface area (Å²) in [6.45, 7) is 10.7. The first kappa shape index (κ1) is 49.0. The van der Waals surface area contributed by atoms with Crippen molar-refractivity contribution in [2.45, 2.75) is 81.2 Å². The first-order chi connectivity index (χ1) is 28.6. The van der Waals surface area contributed by atoms with Crippen molar-refractivity contribution < 1.29 is 59.5 Å². The number of carbonyl (C=O) groups is 3. The number of anilines is 1. The summed E-state index contributed by atoms with van der Waals surface area (Å²) in [6.07, 6.45) is 3.79. The molecule has 0 aromatic heterocycles. The number of alkyl halides is 3. The van der Waals surface area contributed by atoms with Gasteiger partial charge in [-0.1, -0.05) is 41.4 Å². The molecule has 4 aliphatic rings. The minimum absolute atomic E-state index is 0. The molecule has 7 rings (SSSR count). The van der Waals surface area contributed by atoms with Crippen LogP contribution in [0.25, 0.3) is 0 Å². The highest BCUT2D eigenvalue weighted by Crippen LogP contribution is 2.48. The third-order valence-corrected chi connectivity index (χ3v) is 13.0. The van der Waals surface area contributed by atoms with Crippen LogP contribution in [0.3, 0.4) is 0 Å². The number of esters is 1. The van der Waals surface area contributed by atoms with E-state index in [1.54, 1.807) is 24.3 Å². The number of aliphatic carboxylic acids is 1. The van der Waals surface area contributed by atoms with Gasteiger partial charge in [0.25, 0.3) is 5.91 Å². The number of amides is 1. The Morgan fingerprint density at radius 3 is 1.81 bits per heavy atom. The second-order valence-corrected chi connectivity index (χ2v) is 19.1. The molecule has 2 spiro atoms. The van der Waals surface area contributed by atoms with Crippen molar-refractivity contribution in [3.05, 3.63) is 81.3 Å².